The number of aliphatic imine (C=N–C) groups is 1. The minimum Gasteiger partial charge on any atom is -0.294 e. The second-order valence-corrected chi connectivity index (χ2v) is 4.15. The third-order valence-corrected chi connectivity index (χ3v) is 3.28. The van der Waals surface area contributed by atoms with Crippen LogP contribution in [0.5, 0.6) is 0 Å². The fourth-order valence-corrected chi connectivity index (χ4v) is 2.50. The summed E-state index contributed by atoms with van der Waals surface area (Å²) in [6.07, 6.45) is 7.20. The molecule has 2 aliphatic rings. The first-order valence-electron chi connectivity index (χ1n) is 5.14. The SMILES string of the molecule is O=C1CC2(C=CN=CC2)c2ccccc21. The van der Waals surface area contributed by atoms with E-state index in [0.717, 1.165) is 17.5 Å². The second-order valence-electron chi connectivity index (χ2n) is 4.15. The Balaban J connectivity index is 2.20. The van der Waals surface area contributed by atoms with Gasteiger partial charge >= 0.3 is 0 Å². The highest BCUT2D eigenvalue weighted by Gasteiger charge is 2.41. The van der Waals surface area contributed by atoms with Gasteiger partial charge in [-0.25, -0.2) is 0 Å². The zero-order valence-electron chi connectivity index (χ0n) is 8.31. The number of ketones is 1. The lowest BCUT2D eigenvalue weighted by Crippen LogP contribution is -2.22. The summed E-state index contributed by atoms with van der Waals surface area (Å²) in [4.78, 5) is 15.9. The number of rotatable bonds is 0. The van der Waals surface area contributed by atoms with E-state index in [2.05, 4.69) is 17.1 Å². The predicted octanol–water partition coefficient (Wildman–Crippen LogP) is 2.50. The molecular weight excluding hydrogens is 186 g/mol. The Kier molecular flexibility index (Phi) is 1.66. The maximum Gasteiger partial charge on any atom is 0.164 e. The van der Waals surface area contributed by atoms with Gasteiger partial charge in [-0.05, 0) is 12.0 Å². The number of allylic oxidation sites excluding steroid dienone is 1. The monoisotopic (exact) mass is 197 g/mol. The second kappa shape index (κ2) is 2.89. The van der Waals surface area contributed by atoms with Crippen molar-refractivity contribution in [3.8, 4) is 0 Å². The van der Waals surface area contributed by atoms with Crippen molar-refractivity contribution in [3.63, 3.8) is 0 Å². The Bertz CT molecular complexity index is 487. The maximum atomic E-state index is 11.9. The zero-order valence-corrected chi connectivity index (χ0v) is 8.31. The van der Waals surface area contributed by atoms with Crippen molar-refractivity contribution in [2.45, 2.75) is 18.3 Å². The van der Waals surface area contributed by atoms with Crippen LogP contribution in [0.3, 0.4) is 0 Å². The van der Waals surface area contributed by atoms with E-state index in [-0.39, 0.29) is 11.2 Å². The number of carbonyl (C=O) groups excluding carboxylic acids is 1. The molecule has 3 rings (SSSR count). The molecule has 74 valence electrons. The van der Waals surface area contributed by atoms with Crippen LogP contribution in [0.4, 0.5) is 0 Å². The van der Waals surface area contributed by atoms with Gasteiger partial charge in [0.25, 0.3) is 0 Å². The Labute approximate surface area is 88.3 Å². The van der Waals surface area contributed by atoms with E-state index >= 15 is 0 Å². The molecule has 15 heavy (non-hydrogen) atoms. The number of benzene rings is 1. The smallest absolute Gasteiger partial charge is 0.164 e. The summed E-state index contributed by atoms with van der Waals surface area (Å²) in [6.45, 7) is 0. The molecule has 0 aromatic heterocycles. The summed E-state index contributed by atoms with van der Waals surface area (Å²) in [5.74, 6) is 0.255. The molecule has 1 unspecified atom stereocenters. The molecule has 1 heterocycles. The summed E-state index contributed by atoms with van der Waals surface area (Å²) >= 11 is 0. The van der Waals surface area contributed by atoms with E-state index in [1.807, 2.05) is 24.4 Å². The molecule has 1 aromatic rings. The molecule has 0 fully saturated rings. The first-order valence-corrected chi connectivity index (χ1v) is 5.14. The highest BCUT2D eigenvalue weighted by atomic mass is 16.1. The van der Waals surface area contributed by atoms with Gasteiger partial charge < -0.3 is 0 Å². The van der Waals surface area contributed by atoms with Gasteiger partial charge in [0.2, 0.25) is 0 Å². The van der Waals surface area contributed by atoms with Gasteiger partial charge in [0.15, 0.2) is 5.78 Å². The largest absolute Gasteiger partial charge is 0.294 e. The maximum absolute atomic E-state index is 11.9. The van der Waals surface area contributed by atoms with Crippen LogP contribution in [0.25, 0.3) is 0 Å². The summed E-state index contributed by atoms with van der Waals surface area (Å²) < 4.78 is 0. The highest BCUT2D eigenvalue weighted by molar-refractivity contribution is 6.03. The average molecular weight is 197 g/mol. The first kappa shape index (κ1) is 8.60. The third kappa shape index (κ3) is 1.11. The fourth-order valence-electron chi connectivity index (χ4n) is 2.50. The molecule has 2 heteroatoms. The quantitative estimate of drug-likeness (QED) is 0.628. The molecule has 0 saturated carbocycles. The standard InChI is InChI=1S/C13H11NO/c15-12-9-13(5-7-14-8-6-13)11-4-2-1-3-10(11)12/h1-5,7-8H,6,9H2. The molecular formula is C13H11NO. The van der Waals surface area contributed by atoms with Gasteiger partial charge in [0.1, 0.15) is 0 Å². The Morgan fingerprint density at radius 1 is 1.27 bits per heavy atom. The molecule has 0 bridgehead atoms. The van der Waals surface area contributed by atoms with Crippen molar-refractivity contribution < 1.29 is 4.79 Å². The highest BCUT2D eigenvalue weighted by Crippen LogP contribution is 2.43. The van der Waals surface area contributed by atoms with Gasteiger partial charge in [-0.1, -0.05) is 30.3 Å². The van der Waals surface area contributed by atoms with E-state index in [0.29, 0.717) is 6.42 Å². The molecule has 1 aliphatic heterocycles. The first-order chi connectivity index (χ1) is 7.32. The van der Waals surface area contributed by atoms with Crippen LogP contribution in [-0.4, -0.2) is 12.0 Å². The van der Waals surface area contributed by atoms with Crippen molar-refractivity contribution in [3.05, 3.63) is 47.7 Å². The Morgan fingerprint density at radius 2 is 2.13 bits per heavy atom. The number of hydrogen-bond acceptors (Lipinski definition) is 2. The lowest BCUT2D eigenvalue weighted by atomic mass is 9.78. The van der Waals surface area contributed by atoms with E-state index < -0.39 is 0 Å². The van der Waals surface area contributed by atoms with Crippen LogP contribution < -0.4 is 0 Å². The van der Waals surface area contributed by atoms with Crippen LogP contribution >= 0.6 is 0 Å². The predicted molar refractivity (Wildman–Crippen MR) is 59.3 cm³/mol. The van der Waals surface area contributed by atoms with Crippen LogP contribution in [0.2, 0.25) is 0 Å². The molecule has 1 aromatic carbocycles. The minimum atomic E-state index is -0.102. The molecule has 0 radical (unpaired) electrons. The molecule has 0 saturated heterocycles. The van der Waals surface area contributed by atoms with Crippen molar-refractivity contribution in [1.82, 2.24) is 0 Å². The number of hydrogen-bond donors (Lipinski definition) is 0. The third-order valence-electron chi connectivity index (χ3n) is 3.28. The van der Waals surface area contributed by atoms with Crippen molar-refractivity contribution in [2.75, 3.05) is 0 Å². The van der Waals surface area contributed by atoms with E-state index in [1.54, 1.807) is 6.20 Å². The van der Waals surface area contributed by atoms with Crippen LogP contribution in [0, 0.1) is 0 Å². The number of carbonyl (C=O) groups is 1. The van der Waals surface area contributed by atoms with Crippen LogP contribution in [-0.2, 0) is 5.41 Å². The summed E-state index contributed by atoms with van der Waals surface area (Å²) in [6, 6.07) is 7.91. The van der Waals surface area contributed by atoms with Gasteiger partial charge in [-0.3, -0.25) is 9.79 Å². The lowest BCUT2D eigenvalue weighted by molar-refractivity contribution is 0.0981. The molecule has 2 nitrogen and oxygen atoms in total. The van der Waals surface area contributed by atoms with Crippen molar-refractivity contribution in [1.29, 1.82) is 0 Å². The molecule has 0 amide bonds. The lowest BCUT2D eigenvalue weighted by Gasteiger charge is -2.25. The van der Waals surface area contributed by atoms with Crippen molar-refractivity contribution >= 4 is 12.0 Å². The van der Waals surface area contributed by atoms with Gasteiger partial charge in [0.05, 0.1) is 0 Å². The minimum absolute atomic E-state index is 0.102. The van der Waals surface area contributed by atoms with Crippen molar-refractivity contribution in [2.24, 2.45) is 4.99 Å². The topological polar surface area (TPSA) is 29.4 Å². The van der Waals surface area contributed by atoms with Gasteiger partial charge in [-0.15, -0.1) is 0 Å². The fraction of sp³-hybridized carbons (Fsp3) is 0.231. The summed E-state index contributed by atoms with van der Waals surface area (Å²) in [7, 11) is 0. The van der Waals surface area contributed by atoms with Gasteiger partial charge in [0, 0.05) is 29.8 Å². The summed E-state index contributed by atoms with van der Waals surface area (Å²) in [5.41, 5.74) is 1.95. The van der Waals surface area contributed by atoms with Crippen LogP contribution in [0.1, 0.15) is 28.8 Å². The zero-order chi connectivity index (χ0) is 10.3. The van der Waals surface area contributed by atoms with E-state index in [1.165, 1.54) is 0 Å². The van der Waals surface area contributed by atoms with Crippen LogP contribution in [0.15, 0.2) is 41.5 Å². The van der Waals surface area contributed by atoms with E-state index in [4.69, 9.17) is 0 Å². The Hall–Kier alpha value is -1.70. The average Bonchev–Trinajstić information content (AvgIpc) is 2.55. The van der Waals surface area contributed by atoms with Gasteiger partial charge in [-0.2, -0.15) is 0 Å². The summed E-state index contributed by atoms with van der Waals surface area (Å²) in [5, 5.41) is 0. The molecule has 1 atom stereocenters. The normalized spacial score (nSPS) is 27.3. The molecule has 1 spiro atoms. The van der Waals surface area contributed by atoms with E-state index in [9.17, 15) is 4.79 Å². The number of nitrogens with zero attached hydrogens (tertiary/aromatic N) is 1. The number of Topliss-reactive ketones (excluding diaryl/α,β-unsaturated/α-hetero) is 1. The Morgan fingerprint density at radius 3 is 2.93 bits per heavy atom. The number of fused-ring (bicyclic) bond motifs is 2. The molecule has 0 N–H and O–H groups in total. The molecule has 1 aliphatic carbocycles.